The number of halogens is 1. The lowest BCUT2D eigenvalue weighted by Gasteiger charge is -2.37. The maximum atomic E-state index is 11.3. The third kappa shape index (κ3) is 4.81. The molecule has 8 nitrogen and oxygen atoms in total. The molecule has 0 aliphatic carbocycles. The van der Waals surface area contributed by atoms with Crippen LogP contribution in [-0.4, -0.2) is 56.1 Å². The lowest BCUT2D eigenvalue weighted by atomic mass is 9.94. The Bertz CT molecular complexity index is 1310. The van der Waals surface area contributed by atoms with Gasteiger partial charge in [-0.15, -0.1) is 0 Å². The average Bonchev–Trinajstić information content (AvgIpc) is 2.84. The van der Waals surface area contributed by atoms with Gasteiger partial charge in [-0.2, -0.15) is 4.98 Å². The first kappa shape index (κ1) is 24.6. The van der Waals surface area contributed by atoms with Crippen LogP contribution in [-0.2, 0) is 4.74 Å². The highest BCUT2D eigenvalue weighted by atomic mass is 35.5. The minimum absolute atomic E-state index is 0.173. The molecular weight excluding hydrogens is 476 g/mol. The highest BCUT2D eigenvalue weighted by Gasteiger charge is 2.32. The number of aliphatic hydroxyl groups is 1. The van der Waals surface area contributed by atoms with E-state index in [2.05, 4.69) is 34.1 Å². The fourth-order valence-electron chi connectivity index (χ4n) is 4.97. The Morgan fingerprint density at radius 1 is 1.22 bits per heavy atom. The first-order valence-electron chi connectivity index (χ1n) is 12.3. The molecule has 2 unspecified atom stereocenters. The van der Waals surface area contributed by atoms with Crippen LogP contribution in [0.5, 0.6) is 0 Å². The van der Waals surface area contributed by atoms with Gasteiger partial charge in [0.25, 0.3) is 0 Å². The number of aliphatic hydroxyl groups excluding tert-OH is 1. The Hall–Kier alpha value is -3.07. The monoisotopic (exact) mass is 506 g/mol. The molecule has 0 bridgehead atoms. The summed E-state index contributed by atoms with van der Waals surface area (Å²) in [5, 5.41) is 15.3. The molecule has 2 N–H and O–H groups in total. The normalized spacial score (nSPS) is 21.1. The largest absolute Gasteiger partial charge is 0.375 e. The van der Waals surface area contributed by atoms with E-state index in [4.69, 9.17) is 21.3 Å². The molecular formula is C27H31ClN6O2. The van der Waals surface area contributed by atoms with Gasteiger partial charge in [0, 0.05) is 65.1 Å². The van der Waals surface area contributed by atoms with Gasteiger partial charge in [0.1, 0.15) is 5.82 Å². The smallest absolute Gasteiger partial charge is 0.224 e. The lowest BCUT2D eigenvalue weighted by Crippen LogP contribution is -2.41. The Morgan fingerprint density at radius 3 is 2.75 bits per heavy atom. The number of hydrogen-bond donors (Lipinski definition) is 2. The standard InChI is InChI=1S/C27H31ClN6O2/c1-5-34-24-18(15-31-26(33-24)32-19-8-11-36-27(3,4)14-19)12-21(25(34)35)20-7-6-17(13-22(20)28)23-16(2)29-9-10-30-23/h6-7,9-10,12-13,15,19,25,35H,5,8,11,14H2,1-4H3,(H,31,32,33). The highest BCUT2D eigenvalue weighted by molar-refractivity contribution is 6.33. The number of ether oxygens (including phenoxy) is 1. The number of hydrogen-bond acceptors (Lipinski definition) is 8. The van der Waals surface area contributed by atoms with Gasteiger partial charge in [0.2, 0.25) is 5.95 Å². The minimum atomic E-state index is -0.895. The summed E-state index contributed by atoms with van der Waals surface area (Å²) in [6, 6.07) is 5.98. The highest BCUT2D eigenvalue weighted by Crippen LogP contribution is 2.39. The van der Waals surface area contributed by atoms with Crippen molar-refractivity contribution in [3.63, 3.8) is 0 Å². The summed E-state index contributed by atoms with van der Waals surface area (Å²) in [6.07, 6.45) is 7.93. The van der Waals surface area contributed by atoms with E-state index in [9.17, 15) is 5.11 Å². The second-order valence-electron chi connectivity index (χ2n) is 9.86. The van der Waals surface area contributed by atoms with E-state index in [1.54, 1.807) is 18.6 Å². The Labute approximate surface area is 216 Å². The van der Waals surface area contributed by atoms with E-state index < -0.39 is 6.23 Å². The van der Waals surface area contributed by atoms with Crippen LogP contribution in [0.25, 0.3) is 22.9 Å². The van der Waals surface area contributed by atoms with E-state index in [-0.39, 0.29) is 11.6 Å². The van der Waals surface area contributed by atoms with Gasteiger partial charge in [-0.05, 0) is 52.7 Å². The number of aryl methyl sites for hydroxylation is 1. The van der Waals surface area contributed by atoms with Crippen LogP contribution in [0, 0.1) is 6.92 Å². The molecule has 0 amide bonds. The molecule has 2 atom stereocenters. The zero-order valence-corrected chi connectivity index (χ0v) is 21.8. The number of nitrogens with zero attached hydrogens (tertiary/aromatic N) is 5. The topological polar surface area (TPSA) is 96.3 Å². The van der Waals surface area contributed by atoms with Gasteiger partial charge in [-0.1, -0.05) is 23.7 Å². The molecule has 1 saturated heterocycles. The van der Waals surface area contributed by atoms with Crippen molar-refractivity contribution in [3.8, 4) is 11.3 Å². The zero-order valence-electron chi connectivity index (χ0n) is 21.0. The summed E-state index contributed by atoms with van der Waals surface area (Å²) >= 11 is 6.73. The van der Waals surface area contributed by atoms with Gasteiger partial charge in [0.05, 0.1) is 17.0 Å². The summed E-state index contributed by atoms with van der Waals surface area (Å²) < 4.78 is 5.83. The quantitative estimate of drug-likeness (QED) is 0.501. The molecule has 2 aromatic heterocycles. The predicted molar refractivity (Wildman–Crippen MR) is 143 cm³/mol. The van der Waals surface area contributed by atoms with Gasteiger partial charge in [0.15, 0.2) is 6.23 Å². The van der Waals surface area contributed by atoms with Crippen molar-refractivity contribution < 1.29 is 9.84 Å². The number of aromatic nitrogens is 4. The summed E-state index contributed by atoms with van der Waals surface area (Å²) in [5.74, 6) is 1.25. The first-order chi connectivity index (χ1) is 17.3. The Morgan fingerprint density at radius 2 is 2.03 bits per heavy atom. The lowest BCUT2D eigenvalue weighted by molar-refractivity contribution is -0.0553. The van der Waals surface area contributed by atoms with Crippen LogP contribution >= 0.6 is 11.6 Å². The van der Waals surface area contributed by atoms with E-state index >= 15 is 0 Å². The molecule has 0 spiro atoms. The van der Waals surface area contributed by atoms with Crippen LogP contribution in [0.15, 0.2) is 36.8 Å². The third-order valence-electron chi connectivity index (χ3n) is 6.76. The number of rotatable bonds is 5. The van der Waals surface area contributed by atoms with Crippen molar-refractivity contribution in [1.82, 2.24) is 19.9 Å². The van der Waals surface area contributed by atoms with Crippen molar-refractivity contribution >= 4 is 35.0 Å². The molecule has 188 valence electrons. The second kappa shape index (κ2) is 9.76. The van der Waals surface area contributed by atoms with Crippen LogP contribution in [0.3, 0.4) is 0 Å². The Balaban J connectivity index is 1.46. The molecule has 0 radical (unpaired) electrons. The van der Waals surface area contributed by atoms with Crippen molar-refractivity contribution in [3.05, 3.63) is 58.6 Å². The molecule has 36 heavy (non-hydrogen) atoms. The fourth-order valence-corrected chi connectivity index (χ4v) is 5.26. The van der Waals surface area contributed by atoms with E-state index in [0.29, 0.717) is 35.5 Å². The molecule has 3 aromatic rings. The van der Waals surface area contributed by atoms with Crippen LogP contribution in [0.2, 0.25) is 5.02 Å². The van der Waals surface area contributed by atoms with Crippen molar-refractivity contribution in [2.75, 3.05) is 23.4 Å². The maximum Gasteiger partial charge on any atom is 0.224 e. The van der Waals surface area contributed by atoms with Crippen molar-refractivity contribution in [2.45, 2.75) is 58.4 Å². The molecule has 0 saturated carbocycles. The van der Waals surface area contributed by atoms with Gasteiger partial charge in [-0.3, -0.25) is 9.97 Å². The summed E-state index contributed by atoms with van der Waals surface area (Å²) in [6.45, 7) is 9.38. The van der Waals surface area contributed by atoms with Gasteiger partial charge in [-0.25, -0.2) is 4.98 Å². The molecule has 2 aliphatic rings. The molecule has 9 heteroatoms. The van der Waals surface area contributed by atoms with Gasteiger partial charge < -0.3 is 20.1 Å². The van der Waals surface area contributed by atoms with E-state index in [1.807, 2.05) is 43.0 Å². The summed E-state index contributed by atoms with van der Waals surface area (Å²) in [7, 11) is 0. The average molecular weight is 507 g/mol. The van der Waals surface area contributed by atoms with Crippen molar-refractivity contribution in [2.24, 2.45) is 0 Å². The predicted octanol–water partition coefficient (Wildman–Crippen LogP) is 4.96. The third-order valence-corrected chi connectivity index (χ3v) is 7.07. The number of fused-ring (bicyclic) bond motifs is 1. The number of benzene rings is 1. The number of anilines is 2. The molecule has 2 aliphatic heterocycles. The summed E-state index contributed by atoms with van der Waals surface area (Å²) in [4.78, 5) is 20.0. The number of nitrogens with one attached hydrogen (secondary N) is 1. The van der Waals surface area contributed by atoms with Crippen LogP contribution in [0.4, 0.5) is 11.8 Å². The van der Waals surface area contributed by atoms with Crippen LogP contribution in [0.1, 0.15) is 50.4 Å². The zero-order chi connectivity index (χ0) is 25.4. The minimum Gasteiger partial charge on any atom is -0.375 e. The second-order valence-corrected chi connectivity index (χ2v) is 10.3. The van der Waals surface area contributed by atoms with Gasteiger partial charge >= 0.3 is 0 Å². The molecule has 4 heterocycles. The number of likely N-dealkylation sites (N-methyl/N-ethyl adjacent to an activating group) is 1. The Kier molecular flexibility index (Phi) is 6.68. The summed E-state index contributed by atoms with van der Waals surface area (Å²) in [5.41, 5.74) is 4.61. The maximum absolute atomic E-state index is 11.3. The van der Waals surface area contributed by atoms with Crippen LogP contribution < -0.4 is 10.2 Å². The first-order valence-corrected chi connectivity index (χ1v) is 12.7. The molecule has 1 aromatic carbocycles. The van der Waals surface area contributed by atoms with E-state index in [1.165, 1.54) is 0 Å². The SMILES string of the molecule is CCN1c2nc(NC3CCOC(C)(C)C3)ncc2C=C(c2ccc(-c3nccnc3C)cc2Cl)C1O. The van der Waals surface area contributed by atoms with Crippen molar-refractivity contribution in [1.29, 1.82) is 0 Å². The molecule has 5 rings (SSSR count). The van der Waals surface area contributed by atoms with E-state index in [0.717, 1.165) is 40.9 Å². The fraction of sp³-hybridized carbons (Fsp3) is 0.407. The molecule has 1 fully saturated rings.